The molecule has 0 heterocycles. The quantitative estimate of drug-likeness (QED) is 0.882. The highest BCUT2D eigenvalue weighted by Gasteiger charge is 2.27. The van der Waals surface area contributed by atoms with Gasteiger partial charge in [-0.25, -0.2) is 4.39 Å². The molecule has 2 N–H and O–H groups in total. The summed E-state index contributed by atoms with van der Waals surface area (Å²) >= 11 is 0. The van der Waals surface area contributed by atoms with Crippen LogP contribution < -0.4 is 10.5 Å². The Hall–Kier alpha value is -1.09. The van der Waals surface area contributed by atoms with E-state index in [9.17, 15) is 4.39 Å². The summed E-state index contributed by atoms with van der Waals surface area (Å²) in [6.07, 6.45) is 6.57. The van der Waals surface area contributed by atoms with Gasteiger partial charge in [-0.3, -0.25) is 0 Å². The molecule has 0 spiro atoms. The third-order valence-electron chi connectivity index (χ3n) is 4.22. The molecule has 3 atom stereocenters. The van der Waals surface area contributed by atoms with Crippen LogP contribution in [0.5, 0.6) is 5.75 Å². The highest BCUT2D eigenvalue weighted by atomic mass is 19.1. The SMILES string of the molecule is CCC1CCCCC1Oc1c(F)cccc1CC(C)N. The number of nitrogens with two attached hydrogens (primary N) is 1. The van der Waals surface area contributed by atoms with Crippen LogP contribution in [0.2, 0.25) is 0 Å². The van der Waals surface area contributed by atoms with Crippen molar-refractivity contribution in [3.8, 4) is 5.75 Å². The topological polar surface area (TPSA) is 35.2 Å². The molecule has 0 aromatic heterocycles. The van der Waals surface area contributed by atoms with Crippen LogP contribution in [-0.2, 0) is 6.42 Å². The number of rotatable bonds is 5. The highest BCUT2D eigenvalue weighted by molar-refractivity contribution is 5.35. The molecule has 1 aliphatic carbocycles. The van der Waals surface area contributed by atoms with Crippen LogP contribution in [0.4, 0.5) is 4.39 Å². The molecule has 1 aliphatic rings. The summed E-state index contributed by atoms with van der Waals surface area (Å²) in [5.41, 5.74) is 6.74. The first-order valence-electron chi connectivity index (χ1n) is 7.81. The fourth-order valence-corrected chi connectivity index (χ4v) is 3.14. The second-order valence-corrected chi connectivity index (χ2v) is 6.02. The number of ether oxygens (including phenoxy) is 1. The average molecular weight is 279 g/mol. The Balaban J connectivity index is 2.18. The maximum absolute atomic E-state index is 14.1. The Bertz CT molecular complexity index is 433. The van der Waals surface area contributed by atoms with E-state index < -0.39 is 0 Å². The number of halogens is 1. The lowest BCUT2D eigenvalue weighted by Gasteiger charge is -2.32. The van der Waals surface area contributed by atoms with Crippen LogP contribution in [-0.4, -0.2) is 12.1 Å². The van der Waals surface area contributed by atoms with Crippen molar-refractivity contribution >= 4 is 0 Å². The fraction of sp³-hybridized carbons (Fsp3) is 0.647. The predicted octanol–water partition coefficient (Wildman–Crippen LogP) is 4.06. The first-order chi connectivity index (χ1) is 9.61. The van der Waals surface area contributed by atoms with Crippen LogP contribution in [0.15, 0.2) is 18.2 Å². The third kappa shape index (κ3) is 3.72. The van der Waals surface area contributed by atoms with Gasteiger partial charge in [0.05, 0.1) is 0 Å². The van der Waals surface area contributed by atoms with E-state index >= 15 is 0 Å². The van der Waals surface area contributed by atoms with E-state index in [0.29, 0.717) is 18.1 Å². The lowest BCUT2D eigenvalue weighted by atomic mass is 9.84. The lowest BCUT2D eigenvalue weighted by Crippen LogP contribution is -2.31. The third-order valence-corrected chi connectivity index (χ3v) is 4.22. The molecule has 112 valence electrons. The first-order valence-corrected chi connectivity index (χ1v) is 7.81. The number of hydrogen-bond acceptors (Lipinski definition) is 2. The molecular formula is C17H26FNO. The molecule has 2 rings (SSSR count). The van der Waals surface area contributed by atoms with Crippen molar-refractivity contribution < 1.29 is 9.13 Å². The summed E-state index contributed by atoms with van der Waals surface area (Å²) in [4.78, 5) is 0. The van der Waals surface area contributed by atoms with E-state index in [-0.39, 0.29) is 18.0 Å². The molecular weight excluding hydrogens is 253 g/mol. The molecule has 1 fully saturated rings. The molecule has 1 aromatic rings. The zero-order chi connectivity index (χ0) is 14.5. The van der Waals surface area contributed by atoms with E-state index in [1.807, 2.05) is 13.0 Å². The molecule has 0 radical (unpaired) electrons. The van der Waals surface area contributed by atoms with E-state index in [1.165, 1.54) is 25.3 Å². The van der Waals surface area contributed by atoms with Gasteiger partial charge in [-0.2, -0.15) is 0 Å². The van der Waals surface area contributed by atoms with E-state index in [4.69, 9.17) is 10.5 Å². The van der Waals surface area contributed by atoms with Crippen LogP contribution in [0.3, 0.4) is 0 Å². The van der Waals surface area contributed by atoms with Gasteiger partial charge in [0.1, 0.15) is 6.10 Å². The van der Waals surface area contributed by atoms with Crippen LogP contribution in [0.1, 0.15) is 51.5 Å². The van der Waals surface area contributed by atoms with Gasteiger partial charge in [0.2, 0.25) is 0 Å². The molecule has 0 saturated heterocycles. The average Bonchev–Trinajstić information content (AvgIpc) is 2.42. The second kappa shape index (κ2) is 7.07. The van der Waals surface area contributed by atoms with Crippen LogP contribution in [0, 0.1) is 11.7 Å². The standard InChI is InChI=1S/C17H26FNO/c1-3-13-7-4-5-10-16(13)20-17-14(11-12(2)19)8-6-9-15(17)18/h6,8-9,12-13,16H,3-5,7,10-11,19H2,1-2H3. The molecule has 1 saturated carbocycles. The molecule has 0 bridgehead atoms. The Kier molecular flexibility index (Phi) is 5.41. The van der Waals surface area contributed by atoms with Gasteiger partial charge in [0, 0.05) is 6.04 Å². The van der Waals surface area contributed by atoms with Crippen molar-refractivity contribution in [2.45, 2.75) is 64.5 Å². The Morgan fingerprint density at radius 2 is 2.10 bits per heavy atom. The molecule has 0 aliphatic heterocycles. The summed E-state index contributed by atoms with van der Waals surface area (Å²) in [7, 11) is 0. The Morgan fingerprint density at radius 3 is 2.80 bits per heavy atom. The minimum absolute atomic E-state index is 0.00692. The number of para-hydroxylation sites is 1. The minimum Gasteiger partial charge on any atom is -0.487 e. The highest BCUT2D eigenvalue weighted by Crippen LogP contribution is 2.33. The summed E-state index contributed by atoms with van der Waals surface area (Å²) < 4.78 is 20.2. The van der Waals surface area contributed by atoms with Crippen molar-refractivity contribution in [1.82, 2.24) is 0 Å². The van der Waals surface area contributed by atoms with Gasteiger partial charge in [0.25, 0.3) is 0 Å². The molecule has 20 heavy (non-hydrogen) atoms. The van der Waals surface area contributed by atoms with E-state index in [1.54, 1.807) is 6.07 Å². The molecule has 3 heteroatoms. The number of benzene rings is 1. The van der Waals surface area contributed by atoms with Crippen molar-refractivity contribution in [2.75, 3.05) is 0 Å². The maximum Gasteiger partial charge on any atom is 0.165 e. The van der Waals surface area contributed by atoms with E-state index in [0.717, 1.165) is 18.4 Å². The molecule has 2 nitrogen and oxygen atoms in total. The summed E-state index contributed by atoms with van der Waals surface area (Å²) in [5.74, 6) is 0.713. The molecule has 3 unspecified atom stereocenters. The van der Waals surface area contributed by atoms with Gasteiger partial charge in [0.15, 0.2) is 11.6 Å². The smallest absolute Gasteiger partial charge is 0.165 e. The van der Waals surface area contributed by atoms with Crippen molar-refractivity contribution in [1.29, 1.82) is 0 Å². The zero-order valence-electron chi connectivity index (χ0n) is 12.6. The summed E-state index contributed by atoms with van der Waals surface area (Å²) in [6, 6.07) is 5.14. The maximum atomic E-state index is 14.1. The van der Waals surface area contributed by atoms with Crippen LogP contribution in [0.25, 0.3) is 0 Å². The molecule has 0 amide bonds. The van der Waals surface area contributed by atoms with Crippen molar-refractivity contribution in [2.24, 2.45) is 11.7 Å². The second-order valence-electron chi connectivity index (χ2n) is 6.02. The fourth-order valence-electron chi connectivity index (χ4n) is 3.14. The largest absolute Gasteiger partial charge is 0.487 e. The minimum atomic E-state index is -0.261. The Morgan fingerprint density at radius 1 is 1.35 bits per heavy atom. The summed E-state index contributed by atoms with van der Waals surface area (Å²) in [6.45, 7) is 4.13. The predicted molar refractivity (Wildman–Crippen MR) is 80.4 cm³/mol. The van der Waals surface area contributed by atoms with Crippen molar-refractivity contribution in [3.63, 3.8) is 0 Å². The van der Waals surface area contributed by atoms with Crippen molar-refractivity contribution in [3.05, 3.63) is 29.6 Å². The normalized spacial score (nSPS) is 24.4. The van der Waals surface area contributed by atoms with Gasteiger partial charge in [-0.15, -0.1) is 0 Å². The van der Waals surface area contributed by atoms with Gasteiger partial charge in [-0.05, 0) is 56.6 Å². The molecule has 1 aromatic carbocycles. The van der Waals surface area contributed by atoms with E-state index in [2.05, 4.69) is 6.92 Å². The summed E-state index contributed by atoms with van der Waals surface area (Å²) in [5, 5.41) is 0. The number of hydrogen-bond donors (Lipinski definition) is 1. The first kappa shape index (κ1) is 15.3. The zero-order valence-corrected chi connectivity index (χ0v) is 12.6. The van der Waals surface area contributed by atoms with Gasteiger partial charge < -0.3 is 10.5 Å². The van der Waals surface area contributed by atoms with Gasteiger partial charge in [-0.1, -0.05) is 25.5 Å². The van der Waals surface area contributed by atoms with Crippen LogP contribution >= 0.6 is 0 Å². The van der Waals surface area contributed by atoms with Gasteiger partial charge >= 0.3 is 0 Å². The lowest BCUT2D eigenvalue weighted by molar-refractivity contribution is 0.0851. The Labute approximate surface area is 121 Å². The monoisotopic (exact) mass is 279 g/mol.